The smallest absolute Gasteiger partial charge is 0.269 e. The highest BCUT2D eigenvalue weighted by atomic mass is 16.6. The van der Waals surface area contributed by atoms with Crippen LogP contribution in [0.1, 0.15) is 78.6 Å². The summed E-state index contributed by atoms with van der Waals surface area (Å²) in [6.07, 6.45) is 11.2. The summed E-state index contributed by atoms with van der Waals surface area (Å²) in [5.74, 6) is 0. The van der Waals surface area contributed by atoms with Gasteiger partial charge in [0.1, 0.15) is 5.69 Å². The number of rotatable bonds is 14. The van der Waals surface area contributed by atoms with Gasteiger partial charge in [-0.25, -0.2) is 0 Å². The number of nitro groups is 1. The Labute approximate surface area is 154 Å². The van der Waals surface area contributed by atoms with Crippen LogP contribution in [0.5, 0.6) is 0 Å². The molecule has 142 valence electrons. The van der Waals surface area contributed by atoms with Gasteiger partial charge in [-0.15, -0.1) is 0 Å². The summed E-state index contributed by atoms with van der Waals surface area (Å²) >= 11 is 0. The monoisotopic (exact) mass is 349 g/mol. The summed E-state index contributed by atoms with van der Waals surface area (Å²) in [4.78, 5) is 10.7. The third-order valence-corrected chi connectivity index (χ3v) is 5.18. The van der Waals surface area contributed by atoms with E-state index in [0.29, 0.717) is 0 Å². The number of nitro benzene ring substituents is 1. The molecule has 0 spiro atoms. The van der Waals surface area contributed by atoms with Crippen molar-refractivity contribution >= 4 is 11.4 Å². The molecular weight excluding hydrogens is 312 g/mol. The quantitative estimate of drug-likeness (QED) is 0.167. The van der Waals surface area contributed by atoms with E-state index < -0.39 is 0 Å². The summed E-state index contributed by atoms with van der Waals surface area (Å²) < 4.78 is 0.992. The molecule has 0 amide bonds. The van der Waals surface area contributed by atoms with E-state index in [4.69, 9.17) is 0 Å². The lowest BCUT2D eigenvalue weighted by Crippen LogP contribution is -2.51. The molecule has 1 aromatic carbocycles. The SMILES string of the molecule is CCCCCCC[N+](CCCC)(CCCC)c1ccc([N+](=O)[O-])cc1. The number of nitrogens with zero attached hydrogens (tertiary/aromatic N) is 2. The highest BCUT2D eigenvalue weighted by Gasteiger charge is 2.29. The van der Waals surface area contributed by atoms with E-state index in [1.807, 2.05) is 12.1 Å². The zero-order valence-corrected chi connectivity index (χ0v) is 16.5. The van der Waals surface area contributed by atoms with Gasteiger partial charge in [0, 0.05) is 24.3 Å². The van der Waals surface area contributed by atoms with Crippen LogP contribution in [0.25, 0.3) is 0 Å². The van der Waals surface area contributed by atoms with Crippen LogP contribution in [0.15, 0.2) is 24.3 Å². The van der Waals surface area contributed by atoms with Crippen molar-refractivity contribution in [1.29, 1.82) is 0 Å². The van der Waals surface area contributed by atoms with Crippen molar-refractivity contribution in [2.24, 2.45) is 0 Å². The Kier molecular flexibility index (Phi) is 10.4. The van der Waals surface area contributed by atoms with E-state index in [0.717, 1.165) is 24.1 Å². The van der Waals surface area contributed by atoms with Crippen molar-refractivity contribution in [3.05, 3.63) is 34.4 Å². The van der Waals surface area contributed by atoms with Crippen LogP contribution >= 0.6 is 0 Å². The molecule has 0 unspecified atom stereocenters. The van der Waals surface area contributed by atoms with Crippen LogP contribution in [0.2, 0.25) is 0 Å². The van der Waals surface area contributed by atoms with Crippen LogP contribution in [0, 0.1) is 10.1 Å². The van der Waals surface area contributed by atoms with Gasteiger partial charge in [0.05, 0.1) is 24.6 Å². The Balaban J connectivity index is 2.97. The van der Waals surface area contributed by atoms with E-state index in [2.05, 4.69) is 20.8 Å². The fraction of sp³-hybridized carbons (Fsp3) is 0.714. The molecule has 25 heavy (non-hydrogen) atoms. The predicted molar refractivity (Wildman–Crippen MR) is 108 cm³/mol. The van der Waals surface area contributed by atoms with Crippen molar-refractivity contribution in [2.45, 2.75) is 78.6 Å². The first-order valence-electron chi connectivity index (χ1n) is 10.2. The van der Waals surface area contributed by atoms with Gasteiger partial charge < -0.3 is 0 Å². The molecule has 1 rings (SSSR count). The van der Waals surface area contributed by atoms with Crippen molar-refractivity contribution < 1.29 is 4.92 Å². The summed E-state index contributed by atoms with van der Waals surface area (Å²) in [7, 11) is 0. The van der Waals surface area contributed by atoms with Crippen LogP contribution in [0.4, 0.5) is 11.4 Å². The van der Waals surface area contributed by atoms with Gasteiger partial charge in [-0.2, -0.15) is 0 Å². The summed E-state index contributed by atoms with van der Waals surface area (Å²) in [5.41, 5.74) is 1.44. The molecule has 1 aromatic rings. The second-order valence-electron chi connectivity index (χ2n) is 7.21. The van der Waals surface area contributed by atoms with E-state index in [9.17, 15) is 10.1 Å². The Hall–Kier alpha value is -1.42. The van der Waals surface area contributed by atoms with Gasteiger partial charge >= 0.3 is 0 Å². The van der Waals surface area contributed by atoms with E-state index in [1.165, 1.54) is 63.5 Å². The lowest BCUT2D eigenvalue weighted by molar-refractivity contribution is -0.384. The second-order valence-corrected chi connectivity index (χ2v) is 7.21. The Bertz CT molecular complexity index is 477. The maximum absolute atomic E-state index is 11.0. The Morgan fingerprint density at radius 1 is 0.760 bits per heavy atom. The first kappa shape index (κ1) is 21.6. The number of quaternary nitrogens is 1. The van der Waals surface area contributed by atoms with Crippen LogP contribution in [-0.2, 0) is 0 Å². The third kappa shape index (κ3) is 7.15. The minimum Gasteiger partial charge on any atom is -0.291 e. The standard InChI is InChI=1S/C21H37N2O2/c1-4-7-10-11-12-19-23(17-8-5-2,18-9-6-3)21-15-13-20(14-16-21)22(24)25/h13-16H,4-12,17-19H2,1-3H3/q+1. The minimum atomic E-state index is -0.304. The molecule has 0 atom stereocenters. The molecule has 0 aliphatic rings. The van der Waals surface area contributed by atoms with Gasteiger partial charge in [-0.3, -0.25) is 14.6 Å². The lowest BCUT2D eigenvalue weighted by Gasteiger charge is -2.38. The molecule has 4 heteroatoms. The largest absolute Gasteiger partial charge is 0.291 e. The zero-order chi connectivity index (χ0) is 18.5. The van der Waals surface area contributed by atoms with Gasteiger partial charge in [-0.1, -0.05) is 52.9 Å². The predicted octanol–water partition coefficient (Wildman–Crippen LogP) is 6.47. The highest BCUT2D eigenvalue weighted by Crippen LogP contribution is 2.28. The number of non-ortho nitro benzene ring substituents is 1. The van der Waals surface area contributed by atoms with E-state index in [-0.39, 0.29) is 10.6 Å². The van der Waals surface area contributed by atoms with Crippen LogP contribution < -0.4 is 4.48 Å². The van der Waals surface area contributed by atoms with Crippen molar-refractivity contribution in [2.75, 3.05) is 19.6 Å². The zero-order valence-electron chi connectivity index (χ0n) is 16.5. The fourth-order valence-electron chi connectivity index (χ4n) is 3.55. The molecule has 0 N–H and O–H groups in total. The van der Waals surface area contributed by atoms with Crippen molar-refractivity contribution in [3.8, 4) is 0 Å². The number of unbranched alkanes of at least 4 members (excludes halogenated alkanes) is 6. The first-order valence-corrected chi connectivity index (χ1v) is 10.2. The molecule has 0 heterocycles. The molecule has 4 nitrogen and oxygen atoms in total. The minimum absolute atomic E-state index is 0.191. The Morgan fingerprint density at radius 2 is 1.24 bits per heavy atom. The first-order chi connectivity index (χ1) is 12.1. The summed E-state index contributed by atoms with van der Waals surface area (Å²) in [6, 6.07) is 7.35. The maximum atomic E-state index is 11.0. The molecule has 0 aromatic heterocycles. The van der Waals surface area contributed by atoms with Gasteiger partial charge in [0.15, 0.2) is 0 Å². The van der Waals surface area contributed by atoms with Crippen molar-refractivity contribution in [1.82, 2.24) is 4.48 Å². The molecule has 0 saturated heterocycles. The van der Waals surface area contributed by atoms with Gasteiger partial charge in [-0.05, 0) is 25.7 Å². The topological polar surface area (TPSA) is 43.1 Å². The second kappa shape index (κ2) is 12.0. The van der Waals surface area contributed by atoms with E-state index in [1.54, 1.807) is 12.1 Å². The molecule has 0 aliphatic heterocycles. The number of hydrogen-bond donors (Lipinski definition) is 0. The van der Waals surface area contributed by atoms with Gasteiger partial charge in [0.25, 0.3) is 5.69 Å². The molecule has 0 aliphatic carbocycles. The van der Waals surface area contributed by atoms with Crippen molar-refractivity contribution in [3.63, 3.8) is 0 Å². The summed E-state index contributed by atoms with van der Waals surface area (Å²) in [6.45, 7) is 10.2. The maximum Gasteiger partial charge on any atom is 0.269 e. The number of benzene rings is 1. The number of hydrogen-bond acceptors (Lipinski definition) is 2. The van der Waals surface area contributed by atoms with Crippen LogP contribution in [0.3, 0.4) is 0 Å². The highest BCUT2D eigenvalue weighted by molar-refractivity contribution is 5.48. The normalized spacial score (nSPS) is 11.6. The molecule has 0 bridgehead atoms. The average Bonchev–Trinajstić information content (AvgIpc) is 2.63. The third-order valence-electron chi connectivity index (χ3n) is 5.18. The molecule has 0 fully saturated rings. The Morgan fingerprint density at radius 3 is 1.72 bits per heavy atom. The fourth-order valence-corrected chi connectivity index (χ4v) is 3.55. The molecular formula is C21H37N2O2+. The van der Waals surface area contributed by atoms with Crippen LogP contribution in [-0.4, -0.2) is 24.6 Å². The average molecular weight is 350 g/mol. The summed E-state index contributed by atoms with van der Waals surface area (Å²) in [5, 5.41) is 11.0. The lowest BCUT2D eigenvalue weighted by atomic mass is 10.1. The molecule has 0 radical (unpaired) electrons. The van der Waals surface area contributed by atoms with E-state index >= 15 is 0 Å². The molecule has 0 saturated carbocycles. The van der Waals surface area contributed by atoms with Gasteiger partial charge in [0.2, 0.25) is 0 Å².